The van der Waals surface area contributed by atoms with Crippen LogP contribution in [0.2, 0.25) is 0 Å². The van der Waals surface area contributed by atoms with Gasteiger partial charge in [-0.05, 0) is 41.3 Å². The molecule has 1 aliphatic carbocycles. The molecule has 0 bridgehead atoms. The fourth-order valence-electron chi connectivity index (χ4n) is 5.06. The lowest BCUT2D eigenvalue weighted by Crippen LogP contribution is -2.33. The molecule has 176 valence electrons. The van der Waals surface area contributed by atoms with Crippen LogP contribution in [-0.2, 0) is 4.79 Å². The maximum Gasteiger partial charge on any atom is 0.228 e. The van der Waals surface area contributed by atoms with Crippen molar-refractivity contribution in [3.05, 3.63) is 77.6 Å². The van der Waals surface area contributed by atoms with Crippen molar-refractivity contribution in [2.75, 3.05) is 19.0 Å². The van der Waals surface area contributed by atoms with E-state index < -0.39 is 0 Å². The molecule has 0 amide bonds. The third-order valence-corrected chi connectivity index (χ3v) is 6.72. The molecule has 4 heterocycles. The van der Waals surface area contributed by atoms with Gasteiger partial charge in [0, 0.05) is 56.2 Å². The molecular formula is C27H26N6O2. The van der Waals surface area contributed by atoms with Crippen LogP contribution in [0.1, 0.15) is 43.7 Å². The number of fused-ring (bicyclic) bond motifs is 3. The van der Waals surface area contributed by atoms with Crippen LogP contribution in [0.3, 0.4) is 0 Å². The van der Waals surface area contributed by atoms with Gasteiger partial charge >= 0.3 is 0 Å². The number of ether oxygens (including phenoxy) is 1. The molecule has 35 heavy (non-hydrogen) atoms. The molecule has 6 rings (SSSR count). The predicted molar refractivity (Wildman–Crippen MR) is 132 cm³/mol. The zero-order valence-electron chi connectivity index (χ0n) is 20.2. The highest BCUT2D eigenvalue weighted by Gasteiger charge is 2.44. The van der Waals surface area contributed by atoms with Gasteiger partial charge in [0.25, 0.3) is 0 Å². The van der Waals surface area contributed by atoms with E-state index in [-0.39, 0.29) is 17.1 Å². The van der Waals surface area contributed by atoms with Crippen molar-refractivity contribution >= 4 is 17.1 Å². The number of aromatic nitrogens is 5. The molecule has 8 nitrogen and oxygen atoms in total. The van der Waals surface area contributed by atoms with Crippen LogP contribution in [0.4, 0.5) is 5.69 Å². The van der Waals surface area contributed by atoms with E-state index in [0.717, 1.165) is 22.4 Å². The van der Waals surface area contributed by atoms with Gasteiger partial charge in [0.15, 0.2) is 17.3 Å². The predicted octanol–water partition coefficient (Wildman–Crippen LogP) is 4.42. The summed E-state index contributed by atoms with van der Waals surface area (Å²) in [5, 5.41) is 4.70. The number of pyridine rings is 1. The Balaban J connectivity index is 1.54. The molecule has 1 aromatic carbocycles. The quantitative estimate of drug-likeness (QED) is 0.442. The van der Waals surface area contributed by atoms with Gasteiger partial charge in [-0.2, -0.15) is 0 Å². The molecule has 0 fully saturated rings. The summed E-state index contributed by atoms with van der Waals surface area (Å²) in [6, 6.07) is 12.0. The van der Waals surface area contributed by atoms with E-state index in [1.807, 2.05) is 55.4 Å². The number of rotatable bonds is 3. The van der Waals surface area contributed by atoms with Crippen molar-refractivity contribution in [1.29, 1.82) is 0 Å². The molecule has 0 spiro atoms. The fourth-order valence-corrected chi connectivity index (χ4v) is 5.06. The Morgan fingerprint density at radius 3 is 2.63 bits per heavy atom. The smallest absolute Gasteiger partial charge is 0.228 e. The number of hydrogen-bond acceptors (Lipinski definition) is 7. The number of ketones is 1. The SMILES string of the molecule is CN(C)c1ccc(-c2nc3c4c(ncn3n2)OC2=C(C(=O)CC(C)(C)C2)[C@@H]4c2cccnc2)cc1. The molecule has 2 aliphatic rings. The summed E-state index contributed by atoms with van der Waals surface area (Å²) < 4.78 is 7.97. The molecule has 8 heteroatoms. The molecule has 3 aromatic heterocycles. The summed E-state index contributed by atoms with van der Waals surface area (Å²) in [5.41, 5.74) is 4.79. The highest BCUT2D eigenvalue weighted by molar-refractivity contribution is 6.00. The van der Waals surface area contributed by atoms with E-state index in [2.05, 4.69) is 23.8 Å². The molecule has 0 radical (unpaired) electrons. The number of carbonyl (C=O) groups is 1. The third kappa shape index (κ3) is 3.56. The number of hydrogen-bond donors (Lipinski definition) is 0. The Morgan fingerprint density at radius 2 is 1.91 bits per heavy atom. The summed E-state index contributed by atoms with van der Waals surface area (Å²) in [7, 11) is 4.01. The number of carbonyl (C=O) groups excluding carboxylic acids is 1. The first-order valence-electron chi connectivity index (χ1n) is 11.7. The molecule has 1 atom stereocenters. The van der Waals surface area contributed by atoms with Gasteiger partial charge in [-0.25, -0.2) is 14.5 Å². The largest absolute Gasteiger partial charge is 0.442 e. The second-order valence-electron chi connectivity index (χ2n) is 10.2. The van der Waals surface area contributed by atoms with Crippen molar-refractivity contribution in [2.24, 2.45) is 5.41 Å². The standard InChI is InChI=1S/C27H26N6O2/c1-27(2)12-19(34)22-20(13-27)35-26-23(21(22)17-6-5-11-28-14-17)25-30-24(31-33(25)15-29-26)16-7-9-18(10-8-16)32(3)4/h5-11,14-15,21H,12-13H2,1-4H3/t21-/m0/s1. The van der Waals surface area contributed by atoms with Crippen LogP contribution in [0, 0.1) is 5.41 Å². The Bertz CT molecular complexity index is 1490. The topological polar surface area (TPSA) is 85.5 Å². The Kier molecular flexibility index (Phi) is 4.74. The van der Waals surface area contributed by atoms with Crippen molar-refractivity contribution in [2.45, 2.75) is 32.6 Å². The minimum Gasteiger partial charge on any atom is -0.442 e. The molecule has 0 N–H and O–H groups in total. The van der Waals surface area contributed by atoms with Crippen LogP contribution in [0.5, 0.6) is 5.88 Å². The van der Waals surface area contributed by atoms with E-state index in [9.17, 15) is 4.79 Å². The maximum atomic E-state index is 13.5. The Labute approximate surface area is 203 Å². The van der Waals surface area contributed by atoms with Gasteiger partial charge in [-0.3, -0.25) is 9.78 Å². The molecule has 0 saturated heterocycles. The minimum atomic E-state index is -0.365. The molecule has 0 saturated carbocycles. The lowest BCUT2D eigenvalue weighted by Gasteiger charge is -2.37. The first-order valence-corrected chi connectivity index (χ1v) is 11.7. The number of nitrogens with zero attached hydrogens (tertiary/aromatic N) is 6. The van der Waals surface area contributed by atoms with Crippen molar-refractivity contribution < 1.29 is 9.53 Å². The Hall–Kier alpha value is -4.07. The Morgan fingerprint density at radius 1 is 1.11 bits per heavy atom. The summed E-state index contributed by atoms with van der Waals surface area (Å²) in [5.74, 6) is 1.49. The van der Waals surface area contributed by atoms with E-state index in [1.54, 1.807) is 23.2 Å². The monoisotopic (exact) mass is 466 g/mol. The van der Waals surface area contributed by atoms with Crippen LogP contribution in [-0.4, -0.2) is 44.4 Å². The van der Waals surface area contributed by atoms with E-state index >= 15 is 0 Å². The van der Waals surface area contributed by atoms with Crippen molar-refractivity contribution in [3.63, 3.8) is 0 Å². The van der Waals surface area contributed by atoms with E-state index in [0.29, 0.717) is 41.5 Å². The van der Waals surface area contributed by atoms with E-state index in [1.165, 1.54) is 0 Å². The van der Waals surface area contributed by atoms with Gasteiger partial charge in [0.05, 0.1) is 11.5 Å². The average molecular weight is 467 g/mol. The lowest BCUT2D eigenvalue weighted by molar-refractivity contribution is -0.118. The van der Waals surface area contributed by atoms with E-state index in [4.69, 9.17) is 14.8 Å². The van der Waals surface area contributed by atoms with Crippen molar-refractivity contribution in [3.8, 4) is 17.3 Å². The highest BCUT2D eigenvalue weighted by atomic mass is 16.5. The van der Waals surface area contributed by atoms with Gasteiger partial charge < -0.3 is 9.64 Å². The first kappa shape index (κ1) is 21.5. The van der Waals surface area contributed by atoms with Crippen molar-refractivity contribution in [1.82, 2.24) is 24.6 Å². The minimum absolute atomic E-state index is 0.0942. The van der Waals surface area contributed by atoms with Crippen LogP contribution in [0.25, 0.3) is 17.0 Å². The van der Waals surface area contributed by atoms with Gasteiger partial charge in [-0.1, -0.05) is 19.9 Å². The highest BCUT2D eigenvalue weighted by Crippen LogP contribution is 2.50. The third-order valence-electron chi connectivity index (χ3n) is 6.72. The van der Waals surface area contributed by atoms with Crippen LogP contribution in [0.15, 0.2) is 66.5 Å². The number of allylic oxidation sites excluding steroid dienone is 2. The number of Topliss-reactive ketones (excluding diaryl/α,β-unsaturated/α-hetero) is 1. The number of benzene rings is 1. The van der Waals surface area contributed by atoms with Gasteiger partial charge in [0.1, 0.15) is 12.1 Å². The second kappa shape index (κ2) is 7.73. The zero-order chi connectivity index (χ0) is 24.3. The lowest BCUT2D eigenvalue weighted by atomic mass is 9.70. The summed E-state index contributed by atoms with van der Waals surface area (Å²) in [6.07, 6.45) is 6.30. The maximum absolute atomic E-state index is 13.5. The van der Waals surface area contributed by atoms with Crippen LogP contribution >= 0.6 is 0 Å². The molecule has 0 unspecified atom stereocenters. The van der Waals surface area contributed by atoms with Gasteiger partial charge in [-0.15, -0.1) is 5.10 Å². The summed E-state index contributed by atoms with van der Waals surface area (Å²) >= 11 is 0. The van der Waals surface area contributed by atoms with Crippen LogP contribution < -0.4 is 9.64 Å². The molecule has 4 aromatic rings. The first-order chi connectivity index (χ1) is 16.8. The second-order valence-corrected chi connectivity index (χ2v) is 10.2. The zero-order valence-corrected chi connectivity index (χ0v) is 20.2. The molecular weight excluding hydrogens is 440 g/mol. The summed E-state index contributed by atoms with van der Waals surface area (Å²) in [4.78, 5) is 29.3. The fraction of sp³-hybridized carbons (Fsp3) is 0.296. The summed E-state index contributed by atoms with van der Waals surface area (Å²) in [6.45, 7) is 4.19. The van der Waals surface area contributed by atoms with Gasteiger partial charge in [0.2, 0.25) is 5.88 Å². The average Bonchev–Trinajstić information content (AvgIpc) is 3.27. The molecule has 1 aliphatic heterocycles. The number of anilines is 1. The normalized spacial score (nSPS) is 18.7.